The first kappa shape index (κ1) is 68.5. The summed E-state index contributed by atoms with van der Waals surface area (Å²) in [6.07, 6.45) is 7.60. The van der Waals surface area contributed by atoms with Crippen LogP contribution in [-0.4, -0.2) is 118 Å². The van der Waals surface area contributed by atoms with Crippen molar-refractivity contribution in [2.24, 2.45) is 5.92 Å². The van der Waals surface area contributed by atoms with Crippen molar-refractivity contribution in [3.05, 3.63) is 232 Å². The third-order valence-electron chi connectivity index (χ3n) is 22.0. The van der Waals surface area contributed by atoms with Gasteiger partial charge in [0.05, 0.1) is 11.4 Å². The number of anilines is 4. The first-order chi connectivity index (χ1) is 48.6. The molecule has 0 saturated carbocycles. The molecule has 4 nitrogen and oxygen atoms in total. The van der Waals surface area contributed by atoms with Crippen LogP contribution in [0.1, 0.15) is 86.9 Å². The average molecular weight is 1280 g/mol. The number of allylic oxidation sites excluding steroid dienone is 7. The molecule has 4 heterocycles. The fourth-order valence-corrected chi connectivity index (χ4v) is 16.0. The molecule has 0 bridgehead atoms. The van der Waals surface area contributed by atoms with Gasteiger partial charge < -0.3 is 18.9 Å². The molecule has 0 saturated heterocycles. The highest BCUT2D eigenvalue weighted by Crippen LogP contribution is 2.50. The Morgan fingerprint density at radius 2 is 0.784 bits per heavy atom. The first-order valence-electron chi connectivity index (χ1n) is 34.3. The Bertz CT molecular complexity index is 5720. The lowest BCUT2D eigenvalue weighted by Crippen LogP contribution is -2.62. The van der Waals surface area contributed by atoms with Crippen LogP contribution in [0.5, 0.6) is 0 Å². The normalized spacial score (nSPS) is 14.7. The summed E-state index contributed by atoms with van der Waals surface area (Å²) in [7, 11) is 92.9. The quantitative estimate of drug-likeness (QED) is 0.149. The zero-order chi connectivity index (χ0) is 72.5. The van der Waals surface area contributed by atoms with Crippen LogP contribution in [0.2, 0.25) is 0 Å². The molecule has 2 aliphatic heterocycles. The lowest BCUT2D eigenvalue weighted by molar-refractivity contribution is 0.590. The second-order valence-corrected chi connectivity index (χ2v) is 28.8. The van der Waals surface area contributed by atoms with Crippen molar-refractivity contribution < 1.29 is 0 Å². The lowest BCUT2D eigenvalue weighted by Gasteiger charge is -2.47. The Balaban J connectivity index is 1.15. The van der Waals surface area contributed by atoms with Crippen molar-refractivity contribution in [2.45, 2.75) is 74.1 Å². The summed E-state index contributed by atoms with van der Waals surface area (Å²) in [4.78, 5) is 4.86. The molecule has 458 valence electrons. The lowest BCUT2D eigenvalue weighted by atomic mass is 9.33. The van der Waals surface area contributed by atoms with Crippen molar-refractivity contribution in [2.75, 3.05) is 9.80 Å². The van der Waals surface area contributed by atoms with E-state index in [-0.39, 0.29) is 27.3 Å². The van der Waals surface area contributed by atoms with E-state index < -0.39 is 12.1 Å². The van der Waals surface area contributed by atoms with Gasteiger partial charge in [0.2, 0.25) is 0 Å². The van der Waals surface area contributed by atoms with E-state index in [4.69, 9.17) is 115 Å². The van der Waals surface area contributed by atoms with Crippen molar-refractivity contribution in [3.63, 3.8) is 0 Å². The number of aromatic nitrogens is 2. The molecule has 0 fully saturated rings. The maximum Gasteiger partial charge on any atom is 0.252 e. The van der Waals surface area contributed by atoms with Gasteiger partial charge in [0.15, 0.2) is 0 Å². The molecular weight excluding hydrogens is 1220 g/mol. The fraction of sp³-hybridized carbons (Fsp3) is 0.143. The van der Waals surface area contributed by atoms with Gasteiger partial charge in [-0.2, -0.15) is 0 Å². The van der Waals surface area contributed by atoms with Gasteiger partial charge in [0, 0.05) is 56.2 Å². The summed E-state index contributed by atoms with van der Waals surface area (Å²) in [5.74, 6) is 0.319. The fourth-order valence-electron chi connectivity index (χ4n) is 16.0. The van der Waals surface area contributed by atoms with Crippen LogP contribution in [0.15, 0.2) is 193 Å². The van der Waals surface area contributed by atoms with E-state index in [1.54, 1.807) is 0 Å². The van der Waals surface area contributed by atoms with E-state index in [1.807, 2.05) is 48.1 Å². The number of fused-ring (bicyclic) bond motifs is 10. The summed E-state index contributed by atoms with van der Waals surface area (Å²) >= 11 is 0. The molecule has 1 unspecified atom stereocenters. The van der Waals surface area contributed by atoms with Gasteiger partial charge in [0.25, 0.3) is 6.71 Å². The molecular formula is C84H60B14N4. The van der Waals surface area contributed by atoms with E-state index in [9.17, 15) is 0 Å². The highest BCUT2D eigenvalue weighted by atomic mass is 15.2. The van der Waals surface area contributed by atoms with Crippen LogP contribution < -0.4 is 97.2 Å². The Hall–Kier alpha value is -9.25. The molecule has 12 aromatic rings. The second-order valence-electron chi connectivity index (χ2n) is 28.8. The standard InChI is InChI=1S/C84H60B14N4/c1-39-27-29-50(30-28-39)43(5)79(42(4)49-25-19-14-20-26-49)102-57-38-53(100-82-62(66(87)46(8)69(90)75(82)96)63-70(91)71(92)72(93)76(97)83(63)100)32-34-55(57)98-54-33-31-52(99-80-60(64(85)44(6)67(88)73(80)94)61-65(86)45(7)68(89)74(95)81(61)99)37-56(54)101(58-35-51(84(9,10)11)36-59(102)77(58)98)78(40(2)47-21-15-12-16-22-47)41(3)48-23-17-13-18-24-48/h12-27,29-39H,2,5,28H2,1,3-4,6-11H3/b78-41-,79-42-. The van der Waals surface area contributed by atoms with Crippen molar-refractivity contribution >= 4 is 279 Å². The monoisotopic (exact) mass is 1280 g/mol. The van der Waals surface area contributed by atoms with Crippen molar-refractivity contribution in [1.82, 2.24) is 9.13 Å². The zero-order valence-corrected chi connectivity index (χ0v) is 59.1. The number of hydrogen-bond acceptors (Lipinski definition) is 2. The molecule has 1 aliphatic carbocycles. The maximum absolute atomic E-state index is 7.36. The summed E-state index contributed by atoms with van der Waals surface area (Å²) in [6, 6.07) is 49.1. The largest absolute Gasteiger partial charge is 0.310 e. The molecule has 102 heavy (non-hydrogen) atoms. The maximum atomic E-state index is 7.36. The zero-order valence-electron chi connectivity index (χ0n) is 59.1. The van der Waals surface area contributed by atoms with Crippen molar-refractivity contribution in [3.8, 4) is 11.4 Å². The third-order valence-corrected chi connectivity index (χ3v) is 22.0. The number of benzene rings is 10. The Morgan fingerprint density at radius 3 is 1.17 bits per heavy atom. The third kappa shape index (κ3) is 10.1. The Morgan fingerprint density at radius 1 is 0.422 bits per heavy atom. The van der Waals surface area contributed by atoms with Gasteiger partial charge >= 0.3 is 0 Å². The van der Waals surface area contributed by atoms with Gasteiger partial charge in [-0.15, -0.1) is 10.9 Å². The average Bonchev–Trinajstić information content (AvgIpc) is 0.932. The van der Waals surface area contributed by atoms with Crippen LogP contribution in [0.3, 0.4) is 0 Å². The highest BCUT2D eigenvalue weighted by molar-refractivity contribution is 7.00. The minimum atomic E-state index is -0.515. The van der Waals surface area contributed by atoms with Crippen molar-refractivity contribution in [1.29, 1.82) is 0 Å². The van der Waals surface area contributed by atoms with Gasteiger partial charge in [-0.1, -0.05) is 239 Å². The van der Waals surface area contributed by atoms with Crippen LogP contribution in [-0.2, 0) is 5.41 Å². The molecule has 2 aromatic heterocycles. The van der Waals surface area contributed by atoms with E-state index in [1.165, 1.54) is 0 Å². The number of rotatable bonds is 10. The van der Waals surface area contributed by atoms with Crippen LogP contribution in [0.4, 0.5) is 22.7 Å². The summed E-state index contributed by atoms with van der Waals surface area (Å²) in [6.45, 7) is 28.7. The minimum Gasteiger partial charge on any atom is -0.310 e. The minimum absolute atomic E-state index is 0.119. The Kier molecular flexibility index (Phi) is 16.8. The molecule has 3 aliphatic rings. The van der Waals surface area contributed by atoms with E-state index >= 15 is 0 Å². The van der Waals surface area contributed by atoms with E-state index in [0.29, 0.717) is 121 Å². The van der Waals surface area contributed by atoms with E-state index in [0.717, 1.165) is 107 Å². The number of hydrogen-bond donors (Lipinski definition) is 0. The molecule has 0 amide bonds. The smallest absolute Gasteiger partial charge is 0.252 e. The first-order valence-corrected chi connectivity index (χ1v) is 34.3. The van der Waals surface area contributed by atoms with Crippen LogP contribution in [0, 0.1) is 26.7 Å². The molecule has 26 radical (unpaired) electrons. The predicted octanol–water partition coefficient (Wildman–Crippen LogP) is 4.50. The van der Waals surface area contributed by atoms with Gasteiger partial charge in [-0.3, -0.25) is 0 Å². The molecule has 18 heteroatoms. The van der Waals surface area contributed by atoms with Gasteiger partial charge in [-0.25, -0.2) is 0 Å². The van der Waals surface area contributed by atoms with Gasteiger partial charge in [0.1, 0.15) is 102 Å². The molecule has 15 rings (SSSR count). The Labute approximate surface area is 617 Å². The molecule has 0 spiro atoms. The van der Waals surface area contributed by atoms with Gasteiger partial charge in [-0.05, 0) is 177 Å². The molecule has 1 atom stereocenters. The molecule has 10 aromatic carbocycles. The molecule has 0 N–H and O–H groups in total. The second kappa shape index (κ2) is 25.0. The van der Waals surface area contributed by atoms with Crippen LogP contribution >= 0.6 is 0 Å². The SMILES string of the molecule is [B]c1c([B])c([B])c2c(c1[B])c1c([B])c(C)c([B])c([B])c1n2-c1ccc2c(c1)N(/C(C(=C)C1=CCC(C)C=C1)=C(/C)c1ccccc1)c1cc(C(C)(C)C)cc3c1B2c1ccc(-n2c4c([B])c([B])c(C)c([B])c4c4c([B])c(C)c([B])c([B])c42)cc1N3/C(C(=C)c1ccccc1)=C(/C)c1ccccc1. The summed E-state index contributed by atoms with van der Waals surface area (Å²) in [5.41, 5.74) is 25.0. The summed E-state index contributed by atoms with van der Waals surface area (Å²) < 4.78 is 4.02. The van der Waals surface area contributed by atoms with Crippen LogP contribution in [0.25, 0.3) is 71.7 Å². The predicted molar refractivity (Wildman–Crippen MR) is 454 cm³/mol. The van der Waals surface area contributed by atoms with E-state index in [2.05, 4.69) is 191 Å². The highest BCUT2D eigenvalue weighted by Gasteiger charge is 2.47. The number of nitrogens with zero attached hydrogens (tertiary/aromatic N) is 4. The summed E-state index contributed by atoms with van der Waals surface area (Å²) in [5, 5.41) is 2.27. The topological polar surface area (TPSA) is 16.3 Å².